The van der Waals surface area contributed by atoms with Gasteiger partial charge in [-0.05, 0) is 25.3 Å². The zero-order chi connectivity index (χ0) is 8.85. The molecule has 0 heterocycles. The van der Waals surface area contributed by atoms with Crippen LogP contribution in [0.5, 0.6) is 0 Å². The summed E-state index contributed by atoms with van der Waals surface area (Å²) in [5.41, 5.74) is 1.29. The molecular formula is C10H21N. The van der Waals surface area contributed by atoms with Crippen LogP contribution in [-0.2, 0) is 0 Å². The molecule has 1 heteroatoms. The summed E-state index contributed by atoms with van der Waals surface area (Å²) in [5.74, 6) is 1.33. The molecule has 0 saturated carbocycles. The Morgan fingerprint density at radius 1 is 1.45 bits per heavy atom. The van der Waals surface area contributed by atoms with E-state index < -0.39 is 0 Å². The summed E-state index contributed by atoms with van der Waals surface area (Å²) in [6.07, 6.45) is 0. The van der Waals surface area contributed by atoms with Gasteiger partial charge in [0.15, 0.2) is 0 Å². The molecular weight excluding hydrogens is 134 g/mol. The number of nitrogens with one attached hydrogen (secondary N) is 1. The fraction of sp³-hybridized carbons (Fsp3) is 0.800. The van der Waals surface area contributed by atoms with Gasteiger partial charge in [0.25, 0.3) is 0 Å². The first-order valence-electron chi connectivity index (χ1n) is 4.45. The maximum Gasteiger partial charge on any atom is 0.00190 e. The lowest BCUT2D eigenvalue weighted by Gasteiger charge is -2.21. The predicted molar refractivity (Wildman–Crippen MR) is 51.7 cm³/mol. The Kier molecular flexibility index (Phi) is 5.22. The van der Waals surface area contributed by atoms with Crippen LogP contribution < -0.4 is 5.32 Å². The van der Waals surface area contributed by atoms with Crippen molar-refractivity contribution in [2.45, 2.75) is 27.7 Å². The third-order valence-electron chi connectivity index (χ3n) is 2.05. The Bertz CT molecular complexity index is 116. The lowest BCUT2D eigenvalue weighted by Crippen LogP contribution is -2.26. The molecule has 0 fully saturated rings. The summed E-state index contributed by atoms with van der Waals surface area (Å²) in [7, 11) is 0. The van der Waals surface area contributed by atoms with Crippen molar-refractivity contribution in [2.75, 3.05) is 13.1 Å². The molecule has 0 radical (unpaired) electrons. The van der Waals surface area contributed by atoms with Crippen molar-refractivity contribution in [2.24, 2.45) is 11.8 Å². The van der Waals surface area contributed by atoms with Crippen LogP contribution in [0.1, 0.15) is 27.7 Å². The van der Waals surface area contributed by atoms with Gasteiger partial charge in [-0.2, -0.15) is 0 Å². The van der Waals surface area contributed by atoms with Crippen LogP contribution in [0.15, 0.2) is 12.2 Å². The molecule has 66 valence electrons. The summed E-state index contributed by atoms with van der Waals surface area (Å²) in [6, 6.07) is 0. The normalized spacial score (nSPS) is 13.5. The molecule has 0 spiro atoms. The third kappa shape index (κ3) is 4.20. The van der Waals surface area contributed by atoms with Crippen molar-refractivity contribution < 1.29 is 0 Å². The van der Waals surface area contributed by atoms with Crippen LogP contribution in [0, 0.1) is 11.8 Å². The zero-order valence-electron chi connectivity index (χ0n) is 8.28. The highest BCUT2D eigenvalue weighted by Gasteiger charge is 2.12. The van der Waals surface area contributed by atoms with Crippen molar-refractivity contribution >= 4 is 0 Å². The number of rotatable bonds is 5. The molecule has 0 amide bonds. The van der Waals surface area contributed by atoms with Gasteiger partial charge in [0.05, 0.1) is 0 Å². The minimum atomic E-state index is 0.634. The first-order valence-corrected chi connectivity index (χ1v) is 4.45. The molecule has 0 aromatic carbocycles. The summed E-state index contributed by atoms with van der Waals surface area (Å²) in [4.78, 5) is 0. The Morgan fingerprint density at radius 2 is 2.00 bits per heavy atom. The molecule has 0 bridgehead atoms. The summed E-state index contributed by atoms with van der Waals surface area (Å²) >= 11 is 0. The molecule has 11 heavy (non-hydrogen) atoms. The third-order valence-corrected chi connectivity index (χ3v) is 2.05. The summed E-state index contributed by atoms with van der Waals surface area (Å²) in [6.45, 7) is 14.9. The molecule has 1 nitrogen and oxygen atoms in total. The van der Waals surface area contributed by atoms with Gasteiger partial charge in [0.2, 0.25) is 0 Å². The van der Waals surface area contributed by atoms with Crippen LogP contribution >= 0.6 is 0 Å². The second kappa shape index (κ2) is 5.36. The molecule has 0 aliphatic carbocycles. The lowest BCUT2D eigenvalue weighted by molar-refractivity contribution is 0.419. The average Bonchev–Trinajstić information content (AvgIpc) is 1.87. The Hall–Kier alpha value is -0.300. The van der Waals surface area contributed by atoms with Crippen molar-refractivity contribution in [3.05, 3.63) is 12.2 Å². The van der Waals surface area contributed by atoms with Crippen LogP contribution in [-0.4, -0.2) is 13.1 Å². The summed E-state index contributed by atoms with van der Waals surface area (Å²) < 4.78 is 0. The fourth-order valence-electron chi connectivity index (χ4n) is 1.28. The van der Waals surface area contributed by atoms with Crippen LogP contribution in [0.4, 0.5) is 0 Å². The molecule has 1 atom stereocenters. The fourth-order valence-corrected chi connectivity index (χ4v) is 1.28. The molecule has 0 aliphatic rings. The van der Waals surface area contributed by atoms with E-state index in [-0.39, 0.29) is 0 Å². The van der Waals surface area contributed by atoms with Gasteiger partial charge in [-0.3, -0.25) is 0 Å². The molecule has 0 aliphatic heterocycles. The largest absolute Gasteiger partial charge is 0.316 e. The van der Waals surface area contributed by atoms with Crippen LogP contribution in [0.25, 0.3) is 0 Å². The van der Waals surface area contributed by atoms with Gasteiger partial charge in [-0.15, -0.1) is 0 Å². The van der Waals surface area contributed by atoms with Crippen LogP contribution in [0.2, 0.25) is 0 Å². The van der Waals surface area contributed by atoms with Crippen molar-refractivity contribution in [1.82, 2.24) is 5.32 Å². The number of hydrogen-bond acceptors (Lipinski definition) is 1. The van der Waals surface area contributed by atoms with Gasteiger partial charge in [-0.25, -0.2) is 0 Å². The second-order valence-corrected chi connectivity index (χ2v) is 3.50. The van der Waals surface area contributed by atoms with Gasteiger partial charge in [-0.1, -0.05) is 32.9 Å². The molecule has 0 aromatic rings. The van der Waals surface area contributed by atoms with Crippen molar-refractivity contribution in [1.29, 1.82) is 0 Å². The maximum atomic E-state index is 3.99. The van der Waals surface area contributed by atoms with Crippen LogP contribution in [0.3, 0.4) is 0 Å². The lowest BCUT2D eigenvalue weighted by atomic mass is 9.90. The first-order chi connectivity index (χ1) is 5.09. The smallest absolute Gasteiger partial charge is 0.00190 e. The average molecular weight is 155 g/mol. The Labute approximate surface area is 70.9 Å². The molecule has 1 unspecified atom stereocenters. The predicted octanol–water partition coefficient (Wildman–Crippen LogP) is 2.44. The van der Waals surface area contributed by atoms with Gasteiger partial charge >= 0.3 is 0 Å². The molecule has 0 rings (SSSR count). The SMILES string of the molecule is C=C(C)C(CNCC)C(C)C. The van der Waals surface area contributed by atoms with Gasteiger partial charge < -0.3 is 5.32 Å². The quantitative estimate of drug-likeness (QED) is 0.601. The van der Waals surface area contributed by atoms with E-state index in [1.165, 1.54) is 5.57 Å². The maximum absolute atomic E-state index is 3.99. The van der Waals surface area contributed by atoms with Gasteiger partial charge in [0, 0.05) is 6.54 Å². The Balaban J connectivity index is 3.80. The zero-order valence-corrected chi connectivity index (χ0v) is 8.28. The molecule has 0 aromatic heterocycles. The van der Waals surface area contributed by atoms with E-state index in [0.717, 1.165) is 13.1 Å². The van der Waals surface area contributed by atoms with E-state index in [9.17, 15) is 0 Å². The van der Waals surface area contributed by atoms with E-state index in [4.69, 9.17) is 0 Å². The van der Waals surface area contributed by atoms with E-state index >= 15 is 0 Å². The highest BCUT2D eigenvalue weighted by molar-refractivity contribution is 4.98. The van der Waals surface area contributed by atoms with Crippen molar-refractivity contribution in [3.8, 4) is 0 Å². The summed E-state index contributed by atoms with van der Waals surface area (Å²) in [5, 5.41) is 3.35. The Morgan fingerprint density at radius 3 is 2.27 bits per heavy atom. The monoisotopic (exact) mass is 155 g/mol. The highest BCUT2D eigenvalue weighted by Crippen LogP contribution is 2.17. The van der Waals surface area contributed by atoms with E-state index in [1.54, 1.807) is 0 Å². The first kappa shape index (κ1) is 10.7. The minimum absolute atomic E-state index is 0.634. The van der Waals surface area contributed by atoms with E-state index in [1.807, 2.05) is 0 Å². The highest BCUT2D eigenvalue weighted by atomic mass is 14.8. The second-order valence-electron chi connectivity index (χ2n) is 3.50. The van der Waals surface area contributed by atoms with E-state index in [0.29, 0.717) is 11.8 Å². The van der Waals surface area contributed by atoms with Gasteiger partial charge in [0.1, 0.15) is 0 Å². The molecule has 1 N–H and O–H groups in total. The van der Waals surface area contributed by atoms with Crippen molar-refractivity contribution in [3.63, 3.8) is 0 Å². The van der Waals surface area contributed by atoms with E-state index in [2.05, 4.69) is 39.6 Å². The topological polar surface area (TPSA) is 12.0 Å². The minimum Gasteiger partial charge on any atom is -0.316 e. The standard InChI is InChI=1S/C10H21N/c1-6-11-7-10(8(2)3)9(4)5/h9-11H,2,6-7H2,1,3-5H3. The number of hydrogen-bond donors (Lipinski definition) is 1. The molecule has 0 saturated heterocycles.